The Kier molecular flexibility index (Phi) is 3.06. The number of ketones is 2. The van der Waals surface area contributed by atoms with E-state index in [0.717, 1.165) is 0 Å². The van der Waals surface area contributed by atoms with E-state index in [1.54, 1.807) is 6.08 Å². The van der Waals surface area contributed by atoms with Crippen LogP contribution in [0.1, 0.15) is 19.8 Å². The minimum Gasteiger partial charge on any atom is -0.391 e. The van der Waals surface area contributed by atoms with E-state index in [-0.39, 0.29) is 23.4 Å². The highest BCUT2D eigenvalue weighted by Gasteiger charge is 2.73. The number of fused-ring (bicyclic) bond motifs is 3. The van der Waals surface area contributed by atoms with Gasteiger partial charge in [-0.3, -0.25) is 9.59 Å². The lowest BCUT2D eigenvalue weighted by atomic mass is 9.47. The van der Waals surface area contributed by atoms with Crippen LogP contribution in [0.4, 0.5) is 0 Å². The molecule has 0 aromatic rings. The Balaban J connectivity index is 1.92. The maximum Gasteiger partial charge on any atom is 0.170 e. The maximum absolute atomic E-state index is 12.9. The summed E-state index contributed by atoms with van der Waals surface area (Å²) in [6.45, 7) is 5.72. The fourth-order valence-electron chi connectivity index (χ4n) is 5.91. The summed E-state index contributed by atoms with van der Waals surface area (Å²) in [4.78, 5) is 25.5. The average Bonchev–Trinajstić information content (AvgIpc) is 2.64. The molecule has 4 rings (SSSR count). The fourth-order valence-corrected chi connectivity index (χ4v) is 5.91. The number of hydrogen-bond acceptors (Lipinski definition) is 5. The number of carbonyl (C=O) groups excluding carboxylic acids is 2. The molecule has 1 spiro atoms. The van der Waals surface area contributed by atoms with Crippen molar-refractivity contribution >= 4 is 11.6 Å². The third-order valence-corrected chi connectivity index (χ3v) is 6.96. The van der Waals surface area contributed by atoms with Gasteiger partial charge in [0.05, 0.1) is 23.7 Å². The molecule has 0 aromatic carbocycles. The predicted octanol–water partition coefficient (Wildman–Crippen LogP) is 0.242. The Morgan fingerprint density at radius 2 is 1.87 bits per heavy atom. The topological polar surface area (TPSA) is 94.8 Å². The van der Waals surface area contributed by atoms with Gasteiger partial charge >= 0.3 is 0 Å². The van der Waals surface area contributed by atoms with E-state index in [9.17, 15) is 24.9 Å². The summed E-state index contributed by atoms with van der Waals surface area (Å²) in [5.41, 5.74) is -1.14. The summed E-state index contributed by atoms with van der Waals surface area (Å²) < 4.78 is 0. The van der Waals surface area contributed by atoms with Crippen LogP contribution in [0.15, 0.2) is 24.3 Å². The van der Waals surface area contributed by atoms with Crippen molar-refractivity contribution in [3.05, 3.63) is 24.3 Å². The van der Waals surface area contributed by atoms with E-state index in [2.05, 4.69) is 6.58 Å². The van der Waals surface area contributed by atoms with Gasteiger partial charge in [0.1, 0.15) is 0 Å². The molecular formula is C18H22O5. The summed E-state index contributed by atoms with van der Waals surface area (Å²) in [6.07, 6.45) is 0.828. The molecule has 0 amide bonds. The van der Waals surface area contributed by atoms with Gasteiger partial charge in [-0.15, -0.1) is 0 Å². The van der Waals surface area contributed by atoms with Crippen LogP contribution in [0, 0.1) is 35.0 Å². The summed E-state index contributed by atoms with van der Waals surface area (Å²) >= 11 is 0. The second-order valence-electron chi connectivity index (χ2n) is 7.68. The van der Waals surface area contributed by atoms with Gasteiger partial charge in [-0.05, 0) is 36.3 Å². The van der Waals surface area contributed by atoms with Crippen molar-refractivity contribution in [1.82, 2.24) is 0 Å². The van der Waals surface area contributed by atoms with Crippen LogP contribution in [0.2, 0.25) is 0 Å². The van der Waals surface area contributed by atoms with Crippen LogP contribution in [0.25, 0.3) is 0 Å². The Morgan fingerprint density at radius 3 is 2.57 bits per heavy atom. The number of aliphatic hydroxyl groups is 3. The molecule has 3 saturated carbocycles. The highest BCUT2D eigenvalue weighted by molar-refractivity contribution is 6.05. The lowest BCUT2D eigenvalue weighted by molar-refractivity contribution is -0.219. The molecule has 0 aromatic heterocycles. The van der Waals surface area contributed by atoms with Gasteiger partial charge < -0.3 is 15.3 Å². The number of carbonyl (C=O) groups is 2. The molecule has 3 fully saturated rings. The van der Waals surface area contributed by atoms with Crippen molar-refractivity contribution in [3.8, 4) is 0 Å². The van der Waals surface area contributed by atoms with Crippen molar-refractivity contribution in [2.75, 3.05) is 0 Å². The molecule has 5 nitrogen and oxygen atoms in total. The second kappa shape index (κ2) is 4.62. The Bertz CT molecular complexity index is 637. The van der Waals surface area contributed by atoms with E-state index >= 15 is 0 Å². The lowest BCUT2D eigenvalue weighted by Gasteiger charge is -2.57. The van der Waals surface area contributed by atoms with Crippen LogP contribution in [0.3, 0.4) is 0 Å². The summed E-state index contributed by atoms with van der Waals surface area (Å²) in [5.74, 6) is -2.29. The van der Waals surface area contributed by atoms with Crippen LogP contribution in [0.5, 0.6) is 0 Å². The van der Waals surface area contributed by atoms with Crippen molar-refractivity contribution in [2.24, 2.45) is 35.0 Å². The normalized spacial score (nSPS) is 54.9. The zero-order valence-corrected chi connectivity index (χ0v) is 13.1. The number of rotatable bonds is 0. The SMILES string of the molecule is C=C1C(=O)C23C(O)C1CCC2C1C(=O)C=CC(C)C1C(O)C3O. The van der Waals surface area contributed by atoms with Gasteiger partial charge in [-0.2, -0.15) is 0 Å². The molecule has 0 aliphatic heterocycles. The van der Waals surface area contributed by atoms with Gasteiger partial charge in [-0.1, -0.05) is 19.6 Å². The molecule has 2 bridgehead atoms. The van der Waals surface area contributed by atoms with Gasteiger partial charge in [0.25, 0.3) is 0 Å². The zero-order valence-electron chi connectivity index (χ0n) is 13.1. The number of hydrogen-bond donors (Lipinski definition) is 3. The molecule has 3 N–H and O–H groups in total. The molecule has 0 heterocycles. The van der Waals surface area contributed by atoms with Gasteiger partial charge in [-0.25, -0.2) is 0 Å². The average molecular weight is 318 g/mol. The van der Waals surface area contributed by atoms with Gasteiger partial charge in [0, 0.05) is 17.8 Å². The first kappa shape index (κ1) is 15.2. The van der Waals surface area contributed by atoms with Crippen LogP contribution in [-0.4, -0.2) is 45.2 Å². The van der Waals surface area contributed by atoms with E-state index < -0.39 is 41.5 Å². The molecule has 5 heteroatoms. The summed E-state index contributed by atoms with van der Waals surface area (Å²) in [6, 6.07) is 0. The van der Waals surface area contributed by atoms with E-state index in [4.69, 9.17) is 0 Å². The minimum absolute atomic E-state index is 0.0609. The minimum atomic E-state index is -1.47. The van der Waals surface area contributed by atoms with E-state index in [1.807, 2.05) is 6.92 Å². The second-order valence-corrected chi connectivity index (χ2v) is 7.68. The molecular weight excluding hydrogens is 296 g/mol. The predicted molar refractivity (Wildman–Crippen MR) is 81.1 cm³/mol. The largest absolute Gasteiger partial charge is 0.391 e. The van der Waals surface area contributed by atoms with Gasteiger partial charge in [0.2, 0.25) is 0 Å². The summed E-state index contributed by atoms with van der Waals surface area (Å²) in [7, 11) is 0. The third kappa shape index (κ3) is 1.53. The van der Waals surface area contributed by atoms with Crippen LogP contribution < -0.4 is 0 Å². The zero-order chi connectivity index (χ0) is 16.7. The van der Waals surface area contributed by atoms with Gasteiger partial charge in [0.15, 0.2) is 11.6 Å². The number of aliphatic hydroxyl groups excluding tert-OH is 3. The highest BCUT2D eigenvalue weighted by atomic mass is 16.3. The lowest BCUT2D eigenvalue weighted by Crippen LogP contribution is -2.68. The molecule has 9 atom stereocenters. The fraction of sp³-hybridized carbons (Fsp3) is 0.667. The first-order chi connectivity index (χ1) is 10.8. The van der Waals surface area contributed by atoms with Crippen LogP contribution >= 0.6 is 0 Å². The number of Topliss-reactive ketones (excluding diaryl/α,β-unsaturated/α-hetero) is 1. The quantitative estimate of drug-likeness (QED) is 0.556. The van der Waals surface area contributed by atoms with Crippen molar-refractivity contribution in [2.45, 2.75) is 38.1 Å². The van der Waals surface area contributed by atoms with E-state index in [1.165, 1.54) is 6.08 Å². The molecule has 0 saturated heterocycles. The Morgan fingerprint density at radius 1 is 1.17 bits per heavy atom. The standard InChI is InChI=1S/C18H22O5/c1-7-3-6-11(19)13-10-5-4-9-8(2)15(21)18(10,16(9)22)17(23)14(20)12(7)13/h3,6-7,9-10,12-14,16-17,20,22-23H,2,4-5H2,1H3. The van der Waals surface area contributed by atoms with Crippen LogP contribution in [-0.2, 0) is 9.59 Å². The summed E-state index contributed by atoms with van der Waals surface area (Å²) in [5, 5.41) is 32.3. The number of allylic oxidation sites excluding steroid dienone is 2. The monoisotopic (exact) mass is 318 g/mol. The molecule has 4 aliphatic carbocycles. The van der Waals surface area contributed by atoms with Crippen molar-refractivity contribution < 1.29 is 24.9 Å². The first-order valence-electron chi connectivity index (χ1n) is 8.33. The molecule has 0 radical (unpaired) electrons. The third-order valence-electron chi connectivity index (χ3n) is 6.96. The molecule has 23 heavy (non-hydrogen) atoms. The smallest absolute Gasteiger partial charge is 0.170 e. The maximum atomic E-state index is 12.9. The Hall–Kier alpha value is -1.30. The van der Waals surface area contributed by atoms with Crippen molar-refractivity contribution in [3.63, 3.8) is 0 Å². The molecule has 4 aliphatic rings. The van der Waals surface area contributed by atoms with E-state index in [0.29, 0.717) is 18.4 Å². The molecule has 124 valence electrons. The molecule has 9 unspecified atom stereocenters. The van der Waals surface area contributed by atoms with Crippen molar-refractivity contribution in [1.29, 1.82) is 0 Å². The first-order valence-corrected chi connectivity index (χ1v) is 8.33. The highest BCUT2D eigenvalue weighted by Crippen LogP contribution is 2.63. The Labute approximate surface area is 134 Å².